The van der Waals surface area contributed by atoms with Crippen LogP contribution in [0.1, 0.15) is 36.7 Å². The molecule has 3 nitrogen and oxygen atoms in total. The average molecular weight is 233 g/mol. The van der Waals surface area contributed by atoms with E-state index >= 15 is 0 Å². The number of rotatable bonds is 5. The Morgan fingerprint density at radius 1 is 1.41 bits per heavy atom. The number of aryl methyl sites for hydroxylation is 2. The molecule has 2 N–H and O–H groups in total. The molecular formula is C14H23N3. The van der Waals surface area contributed by atoms with Crippen LogP contribution in [0.4, 0.5) is 5.69 Å². The Bertz CT molecular complexity index is 397. The van der Waals surface area contributed by atoms with Crippen LogP contribution >= 0.6 is 0 Å². The highest BCUT2D eigenvalue weighted by molar-refractivity contribution is 5.56. The lowest BCUT2D eigenvalue weighted by atomic mass is 10.1. The van der Waals surface area contributed by atoms with Gasteiger partial charge in [0.25, 0.3) is 0 Å². The van der Waals surface area contributed by atoms with Gasteiger partial charge in [-0.3, -0.25) is 4.98 Å². The number of nitrogens with two attached hydrogens (primary N) is 1. The number of hydrogen-bond acceptors (Lipinski definition) is 3. The molecule has 0 amide bonds. The van der Waals surface area contributed by atoms with Crippen molar-refractivity contribution < 1.29 is 0 Å². The van der Waals surface area contributed by atoms with E-state index in [2.05, 4.69) is 36.7 Å². The van der Waals surface area contributed by atoms with Gasteiger partial charge in [0.05, 0.1) is 0 Å². The van der Waals surface area contributed by atoms with Crippen LogP contribution in [-0.4, -0.2) is 18.1 Å². The Labute approximate surface area is 104 Å². The van der Waals surface area contributed by atoms with Gasteiger partial charge in [-0.25, -0.2) is 0 Å². The SMILES string of the molecule is CCN(CC1CC1)c1cc(C)nc(C)c1CN. The van der Waals surface area contributed by atoms with Gasteiger partial charge in [-0.15, -0.1) is 0 Å². The van der Waals surface area contributed by atoms with Crippen LogP contribution in [0.3, 0.4) is 0 Å². The van der Waals surface area contributed by atoms with Crippen molar-refractivity contribution in [3.63, 3.8) is 0 Å². The Balaban J connectivity index is 2.32. The summed E-state index contributed by atoms with van der Waals surface area (Å²) < 4.78 is 0. The van der Waals surface area contributed by atoms with Crippen molar-refractivity contribution in [3.8, 4) is 0 Å². The van der Waals surface area contributed by atoms with E-state index in [-0.39, 0.29) is 0 Å². The second-order valence-electron chi connectivity index (χ2n) is 5.03. The first-order valence-electron chi connectivity index (χ1n) is 6.57. The summed E-state index contributed by atoms with van der Waals surface area (Å²) in [5.74, 6) is 0.898. The van der Waals surface area contributed by atoms with E-state index in [0.717, 1.165) is 23.9 Å². The summed E-state index contributed by atoms with van der Waals surface area (Å²) in [6, 6.07) is 2.18. The zero-order chi connectivity index (χ0) is 12.4. The molecule has 1 aromatic heterocycles. The molecule has 0 saturated heterocycles. The van der Waals surface area contributed by atoms with Gasteiger partial charge in [0.1, 0.15) is 0 Å². The highest BCUT2D eigenvalue weighted by Crippen LogP contribution is 2.33. The highest BCUT2D eigenvalue weighted by Gasteiger charge is 2.25. The van der Waals surface area contributed by atoms with Crippen LogP contribution in [0.15, 0.2) is 6.07 Å². The molecule has 0 radical (unpaired) electrons. The van der Waals surface area contributed by atoms with Crippen LogP contribution in [-0.2, 0) is 6.54 Å². The third-order valence-corrected chi connectivity index (χ3v) is 3.54. The minimum Gasteiger partial charge on any atom is -0.371 e. The van der Waals surface area contributed by atoms with E-state index in [1.165, 1.54) is 30.6 Å². The summed E-state index contributed by atoms with van der Waals surface area (Å²) in [5, 5.41) is 0. The van der Waals surface area contributed by atoms with E-state index in [1.54, 1.807) is 0 Å². The second kappa shape index (κ2) is 5.05. The summed E-state index contributed by atoms with van der Waals surface area (Å²) in [5.41, 5.74) is 10.5. The maximum Gasteiger partial charge on any atom is 0.0448 e. The topological polar surface area (TPSA) is 42.2 Å². The summed E-state index contributed by atoms with van der Waals surface area (Å²) >= 11 is 0. The van der Waals surface area contributed by atoms with E-state index in [9.17, 15) is 0 Å². The monoisotopic (exact) mass is 233 g/mol. The molecule has 0 aromatic carbocycles. The van der Waals surface area contributed by atoms with Crippen molar-refractivity contribution >= 4 is 5.69 Å². The van der Waals surface area contributed by atoms with Gasteiger partial charge >= 0.3 is 0 Å². The summed E-state index contributed by atoms with van der Waals surface area (Å²) in [6.07, 6.45) is 2.77. The van der Waals surface area contributed by atoms with Gasteiger partial charge in [-0.1, -0.05) is 0 Å². The first-order valence-corrected chi connectivity index (χ1v) is 6.57. The lowest BCUT2D eigenvalue weighted by Crippen LogP contribution is -2.27. The first-order chi connectivity index (χ1) is 8.15. The fourth-order valence-corrected chi connectivity index (χ4v) is 2.38. The van der Waals surface area contributed by atoms with Crippen LogP contribution in [0.5, 0.6) is 0 Å². The quantitative estimate of drug-likeness (QED) is 0.849. The van der Waals surface area contributed by atoms with E-state index in [0.29, 0.717) is 6.54 Å². The van der Waals surface area contributed by atoms with Gasteiger partial charge in [0.2, 0.25) is 0 Å². The molecule has 1 heterocycles. The molecule has 3 heteroatoms. The van der Waals surface area contributed by atoms with Crippen LogP contribution in [0.2, 0.25) is 0 Å². The van der Waals surface area contributed by atoms with Crippen molar-refractivity contribution in [1.82, 2.24) is 4.98 Å². The number of anilines is 1. The maximum absolute atomic E-state index is 5.87. The van der Waals surface area contributed by atoms with E-state index < -0.39 is 0 Å². The Morgan fingerprint density at radius 3 is 2.65 bits per heavy atom. The minimum absolute atomic E-state index is 0.579. The zero-order valence-corrected chi connectivity index (χ0v) is 11.2. The Kier molecular flexibility index (Phi) is 3.67. The predicted octanol–water partition coefficient (Wildman–Crippen LogP) is 2.39. The molecule has 0 unspecified atom stereocenters. The number of hydrogen-bond donors (Lipinski definition) is 1. The standard InChI is InChI=1S/C14H23N3/c1-4-17(9-12-5-6-12)14-7-10(2)16-11(3)13(14)8-15/h7,12H,4-6,8-9,15H2,1-3H3. The normalized spacial score (nSPS) is 15.1. The lowest BCUT2D eigenvalue weighted by molar-refractivity contribution is 0.734. The predicted molar refractivity (Wildman–Crippen MR) is 72.2 cm³/mol. The number of nitrogens with zero attached hydrogens (tertiary/aromatic N) is 2. The van der Waals surface area contributed by atoms with Crippen LogP contribution in [0, 0.1) is 19.8 Å². The van der Waals surface area contributed by atoms with Gasteiger partial charge in [0.15, 0.2) is 0 Å². The highest BCUT2D eigenvalue weighted by atomic mass is 15.1. The van der Waals surface area contributed by atoms with Crippen molar-refractivity contribution in [2.45, 2.75) is 40.2 Å². The third kappa shape index (κ3) is 2.78. The molecule has 17 heavy (non-hydrogen) atoms. The van der Waals surface area contributed by atoms with Gasteiger partial charge in [0, 0.05) is 42.3 Å². The first kappa shape index (κ1) is 12.4. The zero-order valence-electron chi connectivity index (χ0n) is 11.2. The molecule has 0 spiro atoms. The van der Waals surface area contributed by atoms with E-state index in [4.69, 9.17) is 5.73 Å². The van der Waals surface area contributed by atoms with Crippen LogP contribution < -0.4 is 10.6 Å². The molecule has 0 atom stereocenters. The largest absolute Gasteiger partial charge is 0.371 e. The van der Waals surface area contributed by atoms with Crippen molar-refractivity contribution in [2.24, 2.45) is 11.7 Å². The summed E-state index contributed by atoms with van der Waals surface area (Å²) in [6.45, 7) is 9.13. The maximum atomic E-state index is 5.87. The molecule has 2 rings (SSSR count). The number of pyridine rings is 1. The molecule has 94 valence electrons. The molecule has 1 aliphatic rings. The van der Waals surface area contributed by atoms with Gasteiger partial charge in [-0.05, 0) is 45.6 Å². The fourth-order valence-electron chi connectivity index (χ4n) is 2.38. The molecule has 1 aromatic rings. The van der Waals surface area contributed by atoms with Crippen molar-refractivity contribution in [3.05, 3.63) is 23.0 Å². The number of aromatic nitrogens is 1. The summed E-state index contributed by atoms with van der Waals surface area (Å²) in [4.78, 5) is 6.97. The third-order valence-electron chi connectivity index (χ3n) is 3.54. The fraction of sp³-hybridized carbons (Fsp3) is 0.643. The summed E-state index contributed by atoms with van der Waals surface area (Å²) in [7, 11) is 0. The van der Waals surface area contributed by atoms with E-state index in [1.807, 2.05) is 0 Å². The Morgan fingerprint density at radius 2 is 2.12 bits per heavy atom. The van der Waals surface area contributed by atoms with Gasteiger partial charge < -0.3 is 10.6 Å². The molecule has 1 saturated carbocycles. The molecule has 0 bridgehead atoms. The second-order valence-corrected chi connectivity index (χ2v) is 5.03. The van der Waals surface area contributed by atoms with Crippen molar-refractivity contribution in [2.75, 3.05) is 18.0 Å². The molecule has 1 aliphatic carbocycles. The van der Waals surface area contributed by atoms with Crippen LogP contribution in [0.25, 0.3) is 0 Å². The van der Waals surface area contributed by atoms with Crippen molar-refractivity contribution in [1.29, 1.82) is 0 Å². The van der Waals surface area contributed by atoms with Gasteiger partial charge in [-0.2, -0.15) is 0 Å². The lowest BCUT2D eigenvalue weighted by Gasteiger charge is -2.26. The smallest absolute Gasteiger partial charge is 0.0448 e. The average Bonchev–Trinajstić information content (AvgIpc) is 3.08. The minimum atomic E-state index is 0.579. The molecule has 0 aliphatic heterocycles. The molecular weight excluding hydrogens is 210 g/mol. The Hall–Kier alpha value is -1.09. The molecule has 1 fully saturated rings.